The maximum absolute atomic E-state index is 12.9. The topological polar surface area (TPSA) is 98.3 Å². The number of halogens is 4. The van der Waals surface area contributed by atoms with E-state index in [1.807, 2.05) is 0 Å². The van der Waals surface area contributed by atoms with Crippen molar-refractivity contribution in [1.82, 2.24) is 15.0 Å². The molecular formula is C21H17ClF3N5O3. The van der Waals surface area contributed by atoms with E-state index in [4.69, 9.17) is 21.1 Å². The van der Waals surface area contributed by atoms with Gasteiger partial charge in [-0.25, -0.2) is 15.0 Å². The number of amides is 1. The van der Waals surface area contributed by atoms with E-state index >= 15 is 0 Å². The zero-order valence-corrected chi connectivity index (χ0v) is 17.9. The average molecular weight is 480 g/mol. The molecule has 0 atom stereocenters. The Balaban J connectivity index is 1.52. The van der Waals surface area contributed by atoms with Crippen LogP contribution in [0.2, 0.25) is 5.15 Å². The second-order valence-electron chi connectivity index (χ2n) is 7.13. The molecule has 3 aromatic rings. The van der Waals surface area contributed by atoms with Gasteiger partial charge in [-0.3, -0.25) is 4.79 Å². The second-order valence-corrected chi connectivity index (χ2v) is 7.52. The fourth-order valence-electron chi connectivity index (χ4n) is 3.18. The van der Waals surface area contributed by atoms with Crippen LogP contribution in [0.3, 0.4) is 0 Å². The van der Waals surface area contributed by atoms with E-state index in [9.17, 15) is 18.0 Å². The molecule has 4 rings (SSSR count). The lowest BCUT2D eigenvalue weighted by molar-refractivity contribution is -0.149. The number of alkyl halides is 3. The van der Waals surface area contributed by atoms with Gasteiger partial charge in [-0.15, -0.1) is 0 Å². The Labute approximate surface area is 191 Å². The molecule has 1 fully saturated rings. The third kappa shape index (κ3) is 5.21. The first kappa shape index (κ1) is 22.9. The molecule has 0 bridgehead atoms. The zero-order valence-electron chi connectivity index (χ0n) is 17.1. The van der Waals surface area contributed by atoms with E-state index in [-0.39, 0.29) is 22.4 Å². The van der Waals surface area contributed by atoms with Gasteiger partial charge in [0.15, 0.2) is 5.79 Å². The summed E-state index contributed by atoms with van der Waals surface area (Å²) in [6.45, 7) is 2.50. The monoisotopic (exact) mass is 479 g/mol. The Hall–Kier alpha value is -3.28. The Morgan fingerprint density at radius 1 is 1.06 bits per heavy atom. The summed E-state index contributed by atoms with van der Waals surface area (Å²) in [5.41, 5.74) is 0.225. The van der Waals surface area contributed by atoms with Crippen molar-refractivity contribution in [3.05, 3.63) is 70.8 Å². The van der Waals surface area contributed by atoms with Crippen LogP contribution in [0.1, 0.15) is 28.4 Å². The van der Waals surface area contributed by atoms with Gasteiger partial charge in [-0.05, 0) is 37.3 Å². The Kier molecular flexibility index (Phi) is 6.19. The molecule has 0 aliphatic carbocycles. The third-order valence-electron chi connectivity index (χ3n) is 4.82. The normalized spacial score (nSPS) is 15.3. The molecule has 0 spiro atoms. The van der Waals surface area contributed by atoms with E-state index < -0.39 is 23.4 Å². The minimum Gasteiger partial charge on any atom is -0.344 e. The number of hydrogen-bond acceptors (Lipinski definition) is 7. The summed E-state index contributed by atoms with van der Waals surface area (Å²) < 4.78 is 49.4. The van der Waals surface area contributed by atoms with Gasteiger partial charge in [-0.2, -0.15) is 13.2 Å². The first-order valence-corrected chi connectivity index (χ1v) is 10.0. The van der Waals surface area contributed by atoms with Gasteiger partial charge in [0, 0.05) is 23.5 Å². The Morgan fingerprint density at radius 2 is 1.82 bits per heavy atom. The van der Waals surface area contributed by atoms with Gasteiger partial charge < -0.3 is 20.1 Å². The third-order valence-corrected chi connectivity index (χ3v) is 5.02. The molecule has 3 aromatic heterocycles. The number of nitrogens with zero attached hydrogens (tertiary/aromatic N) is 3. The van der Waals surface area contributed by atoms with Crippen molar-refractivity contribution in [2.45, 2.75) is 18.9 Å². The van der Waals surface area contributed by atoms with Gasteiger partial charge in [0.25, 0.3) is 5.91 Å². The highest BCUT2D eigenvalue weighted by molar-refractivity contribution is 6.29. The largest absolute Gasteiger partial charge is 0.417 e. The summed E-state index contributed by atoms with van der Waals surface area (Å²) in [6, 6.07) is 6.54. The van der Waals surface area contributed by atoms with Crippen molar-refractivity contribution in [3.63, 3.8) is 0 Å². The highest BCUT2D eigenvalue weighted by Gasteiger charge is 2.36. The van der Waals surface area contributed by atoms with Crippen LogP contribution in [0.4, 0.5) is 30.5 Å². The molecular weight excluding hydrogens is 463 g/mol. The van der Waals surface area contributed by atoms with Crippen LogP contribution in [0.25, 0.3) is 0 Å². The van der Waals surface area contributed by atoms with E-state index in [0.717, 1.165) is 6.07 Å². The average Bonchev–Trinajstić information content (AvgIpc) is 3.22. The predicted molar refractivity (Wildman–Crippen MR) is 113 cm³/mol. The molecule has 1 aliphatic heterocycles. The molecule has 0 saturated carbocycles. The van der Waals surface area contributed by atoms with Crippen LogP contribution in [0.5, 0.6) is 0 Å². The summed E-state index contributed by atoms with van der Waals surface area (Å²) >= 11 is 6.02. The van der Waals surface area contributed by atoms with Gasteiger partial charge in [0.05, 0.1) is 30.7 Å². The number of ether oxygens (including phenoxy) is 2. The maximum atomic E-state index is 12.9. The predicted octanol–water partition coefficient (Wildman–Crippen LogP) is 4.76. The van der Waals surface area contributed by atoms with Gasteiger partial charge in [-0.1, -0.05) is 11.6 Å². The van der Waals surface area contributed by atoms with Crippen molar-refractivity contribution >= 4 is 34.8 Å². The lowest BCUT2D eigenvalue weighted by Gasteiger charge is -2.25. The van der Waals surface area contributed by atoms with Crippen LogP contribution in [-0.2, 0) is 21.4 Å². The highest BCUT2D eigenvalue weighted by Crippen LogP contribution is 2.36. The fourth-order valence-corrected chi connectivity index (χ4v) is 3.33. The van der Waals surface area contributed by atoms with E-state index in [0.29, 0.717) is 30.7 Å². The molecule has 0 radical (unpaired) electrons. The molecule has 172 valence electrons. The quantitative estimate of drug-likeness (QED) is 0.509. The number of carbonyl (C=O) groups excluding carboxylic acids is 1. The summed E-state index contributed by atoms with van der Waals surface area (Å²) in [6.07, 6.45) is -0.990. The zero-order chi connectivity index (χ0) is 23.6. The van der Waals surface area contributed by atoms with Crippen molar-refractivity contribution in [2.75, 3.05) is 23.8 Å². The van der Waals surface area contributed by atoms with E-state index in [1.165, 1.54) is 30.6 Å². The highest BCUT2D eigenvalue weighted by atomic mass is 35.5. The van der Waals surface area contributed by atoms with Crippen LogP contribution in [-0.4, -0.2) is 34.1 Å². The number of pyridine rings is 3. The summed E-state index contributed by atoms with van der Waals surface area (Å²) in [5, 5.41) is 5.74. The molecule has 1 aliphatic rings. The molecule has 12 heteroatoms. The standard InChI is InChI=1S/C21H17ClF3N5O3/c1-20(32-6-7-33-20)14-9-16(22)27-11-15(14)29-19(31)12-4-5-26-18(8-12)30-17-3-2-13(10-28-17)21(23,24)25/h2-5,8-11H,6-7H2,1H3,(H,29,31)(H,26,28,30). The molecule has 33 heavy (non-hydrogen) atoms. The molecule has 0 aromatic carbocycles. The first-order valence-electron chi connectivity index (χ1n) is 9.66. The minimum atomic E-state index is -4.48. The minimum absolute atomic E-state index is 0.140. The molecule has 0 unspecified atom stereocenters. The number of aromatic nitrogens is 3. The smallest absolute Gasteiger partial charge is 0.344 e. The van der Waals surface area contributed by atoms with Crippen LogP contribution < -0.4 is 10.6 Å². The molecule has 2 N–H and O–H groups in total. The van der Waals surface area contributed by atoms with Crippen LogP contribution >= 0.6 is 11.6 Å². The van der Waals surface area contributed by atoms with E-state index in [2.05, 4.69) is 25.6 Å². The summed E-state index contributed by atoms with van der Waals surface area (Å²) in [5.74, 6) is -1.21. The van der Waals surface area contributed by atoms with Gasteiger partial charge in [0.2, 0.25) is 0 Å². The van der Waals surface area contributed by atoms with Gasteiger partial charge in [0.1, 0.15) is 16.8 Å². The first-order chi connectivity index (χ1) is 15.6. The number of rotatable bonds is 5. The van der Waals surface area contributed by atoms with E-state index in [1.54, 1.807) is 13.0 Å². The Bertz CT molecular complexity index is 1170. The van der Waals surface area contributed by atoms with Crippen molar-refractivity contribution in [3.8, 4) is 0 Å². The number of nitrogens with one attached hydrogen (secondary N) is 2. The number of carbonyl (C=O) groups is 1. The van der Waals surface area contributed by atoms with Crippen molar-refractivity contribution in [2.24, 2.45) is 0 Å². The second kappa shape index (κ2) is 8.93. The lowest BCUT2D eigenvalue weighted by Crippen LogP contribution is -2.25. The van der Waals surface area contributed by atoms with Crippen molar-refractivity contribution < 1.29 is 27.4 Å². The Morgan fingerprint density at radius 3 is 2.48 bits per heavy atom. The van der Waals surface area contributed by atoms with Crippen LogP contribution in [0.15, 0.2) is 48.9 Å². The molecule has 8 nitrogen and oxygen atoms in total. The van der Waals surface area contributed by atoms with Crippen molar-refractivity contribution in [1.29, 1.82) is 0 Å². The fraction of sp³-hybridized carbons (Fsp3) is 0.238. The lowest BCUT2D eigenvalue weighted by atomic mass is 10.1. The molecule has 4 heterocycles. The summed E-state index contributed by atoms with van der Waals surface area (Å²) in [7, 11) is 0. The summed E-state index contributed by atoms with van der Waals surface area (Å²) in [4.78, 5) is 24.7. The van der Waals surface area contributed by atoms with Gasteiger partial charge >= 0.3 is 6.18 Å². The molecule has 1 saturated heterocycles. The SMILES string of the molecule is CC1(c2cc(Cl)ncc2NC(=O)c2ccnc(Nc3ccc(C(F)(F)F)cn3)c2)OCCO1. The molecule has 1 amide bonds. The number of anilines is 3. The maximum Gasteiger partial charge on any atom is 0.417 e. The number of hydrogen-bond donors (Lipinski definition) is 2. The van der Waals surface area contributed by atoms with Crippen LogP contribution in [0, 0.1) is 0 Å².